The van der Waals surface area contributed by atoms with Crippen LogP contribution in [0.15, 0.2) is 36.7 Å². The molecule has 168 valence electrons. The minimum absolute atomic E-state index is 0.165. The van der Waals surface area contributed by atoms with Crippen LogP contribution in [0.4, 0.5) is 11.6 Å². The molecule has 0 aliphatic carbocycles. The Kier molecular flexibility index (Phi) is 7.64. The molecule has 1 saturated heterocycles. The highest BCUT2D eigenvalue weighted by Gasteiger charge is 2.34. The average molecular weight is 429 g/mol. The molecule has 0 radical (unpaired) electrons. The molecule has 1 amide bonds. The predicted molar refractivity (Wildman–Crippen MR) is 121 cm³/mol. The van der Waals surface area contributed by atoms with Gasteiger partial charge in [-0.2, -0.15) is 0 Å². The van der Waals surface area contributed by atoms with Crippen LogP contribution in [0.2, 0.25) is 0 Å². The van der Waals surface area contributed by atoms with E-state index in [4.69, 9.17) is 4.74 Å². The highest BCUT2D eigenvalue weighted by Crippen LogP contribution is 2.25. The first kappa shape index (κ1) is 22.8. The van der Waals surface area contributed by atoms with Gasteiger partial charge in [-0.15, -0.1) is 0 Å². The Bertz CT molecular complexity index is 878. The quantitative estimate of drug-likeness (QED) is 0.548. The number of anilines is 2. The molecular weight excluding hydrogens is 396 g/mol. The lowest BCUT2D eigenvalue weighted by molar-refractivity contribution is 0.0254. The molecule has 1 fully saturated rings. The Morgan fingerprint density at radius 1 is 1.32 bits per heavy atom. The number of rotatable bonds is 9. The Morgan fingerprint density at radius 3 is 2.94 bits per heavy atom. The Balaban J connectivity index is 1.57. The second-order valence-corrected chi connectivity index (χ2v) is 8.12. The van der Waals surface area contributed by atoms with Crippen molar-refractivity contribution in [2.45, 2.75) is 18.4 Å². The van der Waals surface area contributed by atoms with E-state index in [-0.39, 0.29) is 12.5 Å². The summed E-state index contributed by atoms with van der Waals surface area (Å²) < 4.78 is 5.71. The van der Waals surface area contributed by atoms with E-state index in [2.05, 4.69) is 20.6 Å². The van der Waals surface area contributed by atoms with Gasteiger partial charge >= 0.3 is 0 Å². The zero-order chi connectivity index (χ0) is 22.3. The number of aromatic nitrogens is 2. The number of likely N-dealkylation sites (N-methyl/N-ethyl adjacent to an activating group) is 1. The molecule has 1 atom stereocenters. The lowest BCUT2D eigenvalue weighted by Crippen LogP contribution is -2.54. The molecule has 3 rings (SSSR count). The third kappa shape index (κ3) is 6.53. The monoisotopic (exact) mass is 428 g/mol. The van der Waals surface area contributed by atoms with Crippen LogP contribution in [-0.2, 0) is 0 Å². The van der Waals surface area contributed by atoms with E-state index in [0.717, 1.165) is 31.1 Å². The fourth-order valence-corrected chi connectivity index (χ4v) is 3.53. The topological polar surface area (TPSA) is 103 Å². The van der Waals surface area contributed by atoms with Gasteiger partial charge in [0.1, 0.15) is 30.3 Å². The van der Waals surface area contributed by atoms with Crippen LogP contribution >= 0.6 is 0 Å². The third-order valence-corrected chi connectivity index (χ3v) is 5.27. The van der Waals surface area contributed by atoms with E-state index in [1.54, 1.807) is 25.2 Å². The largest absolute Gasteiger partial charge is 0.492 e. The second-order valence-electron chi connectivity index (χ2n) is 8.12. The molecule has 1 aromatic carbocycles. The lowest BCUT2D eigenvalue weighted by atomic mass is 9.92. The first-order valence-electron chi connectivity index (χ1n) is 10.5. The van der Waals surface area contributed by atoms with Crippen molar-refractivity contribution in [2.24, 2.45) is 0 Å². The van der Waals surface area contributed by atoms with Gasteiger partial charge in [-0.1, -0.05) is 6.07 Å². The SMILES string of the molecule is CNc1cc(N2CCCC(O)(CNC(=O)c3cccc(OCCN(C)C)c3)C2)ncn1. The molecule has 0 bridgehead atoms. The van der Waals surface area contributed by atoms with Crippen molar-refractivity contribution < 1.29 is 14.6 Å². The van der Waals surface area contributed by atoms with Gasteiger partial charge in [-0.05, 0) is 45.1 Å². The number of carbonyl (C=O) groups excluding carboxylic acids is 1. The van der Waals surface area contributed by atoms with E-state index < -0.39 is 5.60 Å². The number of hydrogen-bond donors (Lipinski definition) is 3. The van der Waals surface area contributed by atoms with Crippen molar-refractivity contribution in [3.05, 3.63) is 42.2 Å². The summed E-state index contributed by atoms with van der Waals surface area (Å²) in [6, 6.07) is 8.95. The molecule has 2 aromatic rings. The van der Waals surface area contributed by atoms with E-state index in [1.807, 2.05) is 36.0 Å². The van der Waals surface area contributed by atoms with Crippen molar-refractivity contribution in [1.82, 2.24) is 20.2 Å². The number of hydrogen-bond acceptors (Lipinski definition) is 8. The maximum Gasteiger partial charge on any atom is 0.251 e. The molecule has 1 aliphatic heterocycles. The van der Waals surface area contributed by atoms with Gasteiger partial charge in [-0.3, -0.25) is 4.79 Å². The Labute approximate surface area is 183 Å². The number of nitrogens with zero attached hydrogens (tertiary/aromatic N) is 4. The van der Waals surface area contributed by atoms with Crippen molar-refractivity contribution in [2.75, 3.05) is 64.1 Å². The second kappa shape index (κ2) is 10.4. The average Bonchev–Trinajstić information content (AvgIpc) is 2.77. The Morgan fingerprint density at radius 2 is 2.16 bits per heavy atom. The molecule has 2 heterocycles. The summed E-state index contributed by atoms with van der Waals surface area (Å²) in [5.74, 6) is 1.90. The number of benzene rings is 1. The number of piperidine rings is 1. The molecule has 1 aliphatic rings. The fraction of sp³-hybridized carbons (Fsp3) is 0.500. The number of nitrogens with one attached hydrogen (secondary N) is 2. The molecule has 1 unspecified atom stereocenters. The van der Waals surface area contributed by atoms with Crippen LogP contribution < -0.4 is 20.3 Å². The smallest absolute Gasteiger partial charge is 0.251 e. The predicted octanol–water partition coefficient (Wildman–Crippen LogP) is 1.22. The summed E-state index contributed by atoms with van der Waals surface area (Å²) >= 11 is 0. The summed E-state index contributed by atoms with van der Waals surface area (Å²) in [4.78, 5) is 25.2. The van der Waals surface area contributed by atoms with Gasteiger partial charge in [0.05, 0.1) is 5.60 Å². The molecule has 31 heavy (non-hydrogen) atoms. The van der Waals surface area contributed by atoms with Gasteiger partial charge in [0.15, 0.2) is 0 Å². The number of aliphatic hydroxyl groups is 1. The number of carbonyl (C=O) groups is 1. The van der Waals surface area contributed by atoms with Crippen molar-refractivity contribution in [1.29, 1.82) is 0 Å². The fourth-order valence-electron chi connectivity index (χ4n) is 3.53. The molecule has 9 nitrogen and oxygen atoms in total. The van der Waals surface area contributed by atoms with E-state index in [1.165, 1.54) is 6.33 Å². The van der Waals surface area contributed by atoms with Crippen molar-refractivity contribution in [3.8, 4) is 5.75 Å². The maximum atomic E-state index is 12.7. The van der Waals surface area contributed by atoms with Crippen LogP contribution in [0.3, 0.4) is 0 Å². The number of ether oxygens (including phenoxy) is 1. The third-order valence-electron chi connectivity index (χ3n) is 5.27. The molecule has 0 saturated carbocycles. The minimum Gasteiger partial charge on any atom is -0.492 e. The van der Waals surface area contributed by atoms with Crippen molar-refractivity contribution in [3.63, 3.8) is 0 Å². The summed E-state index contributed by atoms with van der Waals surface area (Å²) in [5.41, 5.74) is -0.522. The summed E-state index contributed by atoms with van der Waals surface area (Å²) in [6.07, 6.45) is 2.92. The van der Waals surface area contributed by atoms with Gasteiger partial charge in [0.25, 0.3) is 5.91 Å². The summed E-state index contributed by atoms with van der Waals surface area (Å²) in [6.45, 7) is 2.69. The molecule has 0 spiro atoms. The highest BCUT2D eigenvalue weighted by molar-refractivity contribution is 5.94. The van der Waals surface area contributed by atoms with E-state index in [9.17, 15) is 9.90 Å². The maximum absolute atomic E-state index is 12.7. The van der Waals surface area contributed by atoms with Gasteiger partial charge in [0, 0.05) is 44.9 Å². The van der Waals surface area contributed by atoms with Gasteiger partial charge in [0.2, 0.25) is 0 Å². The Hall–Kier alpha value is -2.91. The first-order valence-corrected chi connectivity index (χ1v) is 10.5. The van der Waals surface area contributed by atoms with Crippen LogP contribution in [0.25, 0.3) is 0 Å². The van der Waals surface area contributed by atoms with E-state index >= 15 is 0 Å². The van der Waals surface area contributed by atoms with E-state index in [0.29, 0.717) is 30.9 Å². The van der Waals surface area contributed by atoms with Crippen molar-refractivity contribution >= 4 is 17.5 Å². The standard InChI is InChI=1S/C22H32N6O3/c1-23-19-13-20(26-16-25-19)28-9-5-8-22(30,15-28)14-24-21(29)17-6-4-7-18(12-17)31-11-10-27(2)3/h4,6-7,12-13,16,30H,5,8-11,14-15H2,1-3H3,(H,24,29)(H,23,25,26). The molecular formula is C22H32N6O3. The van der Waals surface area contributed by atoms with Crippen LogP contribution in [0.5, 0.6) is 5.75 Å². The van der Waals surface area contributed by atoms with Crippen LogP contribution in [0.1, 0.15) is 23.2 Å². The number of β-amino-alcohol motifs (C(OH)–C–C–N with tert-alkyl or cyclic N) is 1. The van der Waals surface area contributed by atoms with Gasteiger partial charge in [-0.25, -0.2) is 9.97 Å². The number of amides is 1. The minimum atomic E-state index is -1.03. The molecule has 1 aromatic heterocycles. The normalized spacial score (nSPS) is 18.7. The molecule has 3 N–H and O–H groups in total. The summed E-state index contributed by atoms with van der Waals surface area (Å²) in [5, 5.41) is 17.0. The van der Waals surface area contributed by atoms with Gasteiger partial charge < -0.3 is 30.3 Å². The zero-order valence-corrected chi connectivity index (χ0v) is 18.5. The lowest BCUT2D eigenvalue weighted by Gasteiger charge is -2.39. The zero-order valence-electron chi connectivity index (χ0n) is 18.5. The summed E-state index contributed by atoms with van der Waals surface area (Å²) in [7, 11) is 5.76. The molecule has 9 heteroatoms. The van der Waals surface area contributed by atoms with Crippen LogP contribution in [-0.4, -0.2) is 85.4 Å². The highest BCUT2D eigenvalue weighted by atomic mass is 16.5. The van der Waals surface area contributed by atoms with Crippen LogP contribution in [0, 0.1) is 0 Å². The first-order chi connectivity index (χ1) is 14.9.